The molecule has 0 saturated heterocycles. The summed E-state index contributed by atoms with van der Waals surface area (Å²) in [6.45, 7) is 4.51. The first kappa shape index (κ1) is 25.8. The summed E-state index contributed by atoms with van der Waals surface area (Å²) in [4.78, 5) is 19.3. The summed E-state index contributed by atoms with van der Waals surface area (Å²) in [5, 5.41) is 3.77. The Bertz CT molecular complexity index is 874. The summed E-state index contributed by atoms with van der Waals surface area (Å²) in [6.07, 6.45) is 14.9. The number of aliphatic imine (C=N–C) groups is 1. The lowest BCUT2D eigenvalue weighted by atomic mass is 9.82. The van der Waals surface area contributed by atoms with E-state index in [9.17, 15) is 4.79 Å². The van der Waals surface area contributed by atoms with E-state index in [-0.39, 0.29) is 23.8 Å². The molecule has 0 amide bonds. The second-order valence-corrected chi connectivity index (χ2v) is 10.9. The molecule has 0 aromatic heterocycles. The lowest BCUT2D eigenvalue weighted by molar-refractivity contribution is -0.120. The minimum atomic E-state index is -0.386. The molecule has 0 bridgehead atoms. The fourth-order valence-corrected chi connectivity index (χ4v) is 6.20. The number of carbonyl (C=O) groups is 1. The number of Topliss-reactive ketones (excluding diaryl/α,β-unsaturated/α-hetero) is 1. The van der Waals surface area contributed by atoms with Crippen LogP contribution in [-0.4, -0.2) is 30.1 Å². The quantitative estimate of drug-likeness (QED) is 0.367. The van der Waals surface area contributed by atoms with Crippen LogP contribution in [-0.2, 0) is 4.79 Å². The third-order valence-electron chi connectivity index (χ3n) is 8.46. The molecule has 0 radical (unpaired) electrons. The topological polar surface area (TPSA) is 41.5 Å². The van der Waals surface area contributed by atoms with Crippen molar-refractivity contribution in [2.24, 2.45) is 16.8 Å². The maximum atomic E-state index is 14.3. The molecule has 2 aliphatic rings. The predicted octanol–water partition coefficient (Wildman–Crippen LogP) is 7.35. The van der Waals surface area contributed by atoms with Crippen LogP contribution in [0.15, 0.2) is 65.7 Å². The molecule has 0 aliphatic heterocycles. The van der Waals surface area contributed by atoms with Gasteiger partial charge in [-0.3, -0.25) is 9.79 Å². The van der Waals surface area contributed by atoms with Gasteiger partial charge in [-0.25, -0.2) is 0 Å². The Morgan fingerprint density at radius 1 is 0.771 bits per heavy atom. The van der Waals surface area contributed by atoms with Crippen molar-refractivity contribution in [1.82, 2.24) is 5.32 Å². The first-order chi connectivity index (χ1) is 17.1. The van der Waals surface area contributed by atoms with Crippen molar-refractivity contribution in [3.05, 3.63) is 71.8 Å². The highest BCUT2D eigenvalue weighted by molar-refractivity contribution is 6.04. The molecular formula is C32H44N2O. The molecule has 4 rings (SSSR count). The molecule has 0 spiro atoms. The number of rotatable bonds is 10. The molecule has 188 valence electrons. The summed E-state index contributed by atoms with van der Waals surface area (Å²) in [7, 11) is 0. The summed E-state index contributed by atoms with van der Waals surface area (Å²) >= 11 is 0. The second kappa shape index (κ2) is 13.2. The van der Waals surface area contributed by atoms with Crippen molar-refractivity contribution in [2.75, 3.05) is 0 Å². The van der Waals surface area contributed by atoms with Crippen molar-refractivity contribution in [3.8, 4) is 0 Å². The molecule has 3 nitrogen and oxygen atoms in total. The minimum absolute atomic E-state index is 0.199. The highest BCUT2D eigenvalue weighted by atomic mass is 16.1. The molecule has 2 saturated carbocycles. The third kappa shape index (κ3) is 7.13. The third-order valence-corrected chi connectivity index (χ3v) is 8.46. The molecule has 0 heterocycles. The van der Waals surface area contributed by atoms with Crippen LogP contribution in [0.1, 0.15) is 95.1 Å². The van der Waals surface area contributed by atoms with Gasteiger partial charge >= 0.3 is 0 Å². The molecule has 1 N–H and O–H groups in total. The van der Waals surface area contributed by atoms with Crippen LogP contribution < -0.4 is 5.32 Å². The van der Waals surface area contributed by atoms with Crippen molar-refractivity contribution in [3.63, 3.8) is 0 Å². The Balaban J connectivity index is 1.60. The summed E-state index contributed by atoms with van der Waals surface area (Å²) in [6, 6.07) is 20.7. The summed E-state index contributed by atoms with van der Waals surface area (Å²) in [5.74, 6) is 1.18. The molecule has 2 aromatic rings. The van der Waals surface area contributed by atoms with Gasteiger partial charge in [-0.05, 0) is 62.5 Å². The fourth-order valence-electron chi connectivity index (χ4n) is 6.20. The summed E-state index contributed by atoms with van der Waals surface area (Å²) in [5.41, 5.74) is 2.10. The zero-order valence-corrected chi connectivity index (χ0v) is 21.7. The zero-order chi connectivity index (χ0) is 24.5. The Morgan fingerprint density at radius 2 is 1.26 bits per heavy atom. The van der Waals surface area contributed by atoms with Crippen molar-refractivity contribution in [2.45, 2.75) is 102 Å². The van der Waals surface area contributed by atoms with Crippen LogP contribution in [0.2, 0.25) is 0 Å². The highest BCUT2D eigenvalue weighted by Crippen LogP contribution is 2.30. The number of hydrogen-bond acceptors (Lipinski definition) is 3. The van der Waals surface area contributed by atoms with Gasteiger partial charge in [0.1, 0.15) is 6.04 Å². The maximum Gasteiger partial charge on any atom is 0.167 e. The van der Waals surface area contributed by atoms with E-state index in [2.05, 4.69) is 43.4 Å². The van der Waals surface area contributed by atoms with E-state index in [0.717, 1.165) is 11.1 Å². The van der Waals surface area contributed by atoms with Gasteiger partial charge in [-0.1, -0.05) is 99.2 Å². The van der Waals surface area contributed by atoms with E-state index < -0.39 is 0 Å². The number of ketones is 1. The van der Waals surface area contributed by atoms with Gasteiger partial charge < -0.3 is 5.32 Å². The SMILES string of the molecule is C[C@H](N=CC(N[C@@H](C)C1CCCCC1)C(=O)C(c1ccccc1)c1ccccc1)C1CCCCC1. The van der Waals surface area contributed by atoms with Gasteiger partial charge in [-0.2, -0.15) is 0 Å². The van der Waals surface area contributed by atoms with E-state index in [1.807, 2.05) is 42.6 Å². The summed E-state index contributed by atoms with van der Waals surface area (Å²) < 4.78 is 0. The number of carbonyl (C=O) groups excluding carboxylic acids is 1. The van der Waals surface area contributed by atoms with Gasteiger partial charge in [0.05, 0.1) is 5.92 Å². The van der Waals surface area contributed by atoms with Crippen LogP contribution in [0, 0.1) is 11.8 Å². The average Bonchev–Trinajstić information content (AvgIpc) is 2.93. The Hall–Kier alpha value is -2.26. The zero-order valence-electron chi connectivity index (χ0n) is 21.7. The molecule has 2 fully saturated rings. The molecular weight excluding hydrogens is 428 g/mol. The second-order valence-electron chi connectivity index (χ2n) is 10.9. The normalized spacial score (nSPS) is 20.7. The Kier molecular flexibility index (Phi) is 9.71. The van der Waals surface area contributed by atoms with E-state index in [4.69, 9.17) is 4.99 Å². The number of hydrogen-bond donors (Lipinski definition) is 1. The molecule has 1 unspecified atom stereocenters. The standard InChI is InChI=1S/C32H44N2O/c1-24(26-15-7-3-8-16-26)33-23-30(34-25(2)27-17-9-4-10-18-27)32(35)31(28-19-11-5-12-20-28)29-21-13-6-14-22-29/h5-6,11-14,19-27,30-31,34H,3-4,7-10,15-18H2,1-2H3/t24-,25-,30?/m0/s1. The van der Waals surface area contributed by atoms with Gasteiger partial charge in [0.15, 0.2) is 5.78 Å². The Labute approximate surface area is 212 Å². The molecule has 3 heteroatoms. The highest BCUT2D eigenvalue weighted by Gasteiger charge is 2.32. The smallest absolute Gasteiger partial charge is 0.167 e. The molecule has 3 atom stereocenters. The number of benzene rings is 2. The van der Waals surface area contributed by atoms with Crippen LogP contribution in [0.25, 0.3) is 0 Å². The van der Waals surface area contributed by atoms with Crippen LogP contribution in [0.5, 0.6) is 0 Å². The van der Waals surface area contributed by atoms with Crippen molar-refractivity contribution < 1.29 is 4.79 Å². The van der Waals surface area contributed by atoms with Gasteiger partial charge in [0.2, 0.25) is 0 Å². The first-order valence-corrected chi connectivity index (χ1v) is 14.1. The van der Waals surface area contributed by atoms with E-state index >= 15 is 0 Å². The molecule has 35 heavy (non-hydrogen) atoms. The first-order valence-electron chi connectivity index (χ1n) is 14.1. The lowest BCUT2D eigenvalue weighted by Gasteiger charge is -2.32. The average molecular weight is 473 g/mol. The van der Waals surface area contributed by atoms with Gasteiger partial charge in [0, 0.05) is 18.3 Å². The van der Waals surface area contributed by atoms with E-state index in [0.29, 0.717) is 17.9 Å². The van der Waals surface area contributed by atoms with Gasteiger partial charge in [-0.15, -0.1) is 0 Å². The predicted molar refractivity (Wildman–Crippen MR) is 147 cm³/mol. The lowest BCUT2D eigenvalue weighted by Crippen LogP contribution is -2.48. The largest absolute Gasteiger partial charge is 0.300 e. The number of nitrogens with one attached hydrogen (secondary N) is 1. The van der Waals surface area contributed by atoms with Crippen molar-refractivity contribution >= 4 is 12.0 Å². The van der Waals surface area contributed by atoms with E-state index in [1.165, 1.54) is 64.2 Å². The number of nitrogens with zero attached hydrogens (tertiary/aromatic N) is 1. The van der Waals surface area contributed by atoms with Crippen LogP contribution in [0.3, 0.4) is 0 Å². The fraction of sp³-hybridized carbons (Fsp3) is 0.562. The van der Waals surface area contributed by atoms with Crippen LogP contribution in [0.4, 0.5) is 0 Å². The Morgan fingerprint density at radius 3 is 1.77 bits per heavy atom. The minimum Gasteiger partial charge on any atom is -0.300 e. The van der Waals surface area contributed by atoms with E-state index in [1.54, 1.807) is 0 Å². The maximum absolute atomic E-state index is 14.3. The van der Waals surface area contributed by atoms with Gasteiger partial charge in [0.25, 0.3) is 0 Å². The van der Waals surface area contributed by atoms with Crippen LogP contribution >= 0.6 is 0 Å². The monoisotopic (exact) mass is 472 g/mol. The molecule has 2 aromatic carbocycles. The van der Waals surface area contributed by atoms with Crippen molar-refractivity contribution in [1.29, 1.82) is 0 Å². The molecule has 2 aliphatic carbocycles.